The van der Waals surface area contributed by atoms with Crippen molar-refractivity contribution in [1.29, 1.82) is 0 Å². The molecule has 0 spiro atoms. The van der Waals surface area contributed by atoms with Crippen LogP contribution in [0.15, 0.2) is 36.5 Å². The minimum absolute atomic E-state index is 0.0126. The fourth-order valence-electron chi connectivity index (χ4n) is 4.31. The zero-order valence-corrected chi connectivity index (χ0v) is 16.2. The first kappa shape index (κ1) is 19.2. The van der Waals surface area contributed by atoms with Gasteiger partial charge in [-0.25, -0.2) is 0 Å². The first-order chi connectivity index (χ1) is 14.0. The van der Waals surface area contributed by atoms with Gasteiger partial charge in [0.1, 0.15) is 5.75 Å². The number of H-pyrrole nitrogens is 1. The molecule has 1 aromatic heterocycles. The number of aromatic amines is 1. The lowest BCUT2D eigenvalue weighted by atomic mass is 9.81. The van der Waals surface area contributed by atoms with Crippen LogP contribution in [0.3, 0.4) is 0 Å². The lowest BCUT2D eigenvalue weighted by Crippen LogP contribution is -2.38. The highest BCUT2D eigenvalue weighted by atomic mass is 16.3. The lowest BCUT2D eigenvalue weighted by molar-refractivity contribution is -0.138. The molecule has 152 valence electrons. The van der Waals surface area contributed by atoms with E-state index in [2.05, 4.69) is 10.3 Å². The number of imide groups is 1. The van der Waals surface area contributed by atoms with E-state index in [0.717, 1.165) is 42.1 Å². The van der Waals surface area contributed by atoms with E-state index in [9.17, 15) is 19.5 Å². The Labute approximate surface area is 168 Å². The van der Waals surface area contributed by atoms with Gasteiger partial charge in [-0.15, -0.1) is 0 Å². The van der Waals surface area contributed by atoms with E-state index < -0.39 is 0 Å². The van der Waals surface area contributed by atoms with Gasteiger partial charge in [-0.1, -0.05) is 0 Å². The second kappa shape index (κ2) is 8.11. The largest absolute Gasteiger partial charge is 0.508 e. The maximum atomic E-state index is 12.5. The van der Waals surface area contributed by atoms with E-state index in [1.54, 1.807) is 12.1 Å². The van der Waals surface area contributed by atoms with Crippen molar-refractivity contribution in [2.24, 2.45) is 11.8 Å². The summed E-state index contributed by atoms with van der Waals surface area (Å²) in [6.07, 6.45) is 8.48. The number of aromatic nitrogens is 1. The number of carbonyl (C=O) groups excluding carboxylic acids is 3. The molecule has 1 saturated carbocycles. The molecule has 2 aromatic rings. The molecule has 29 heavy (non-hydrogen) atoms. The van der Waals surface area contributed by atoms with Gasteiger partial charge >= 0.3 is 0 Å². The second-order valence-corrected chi connectivity index (χ2v) is 7.92. The molecule has 1 aromatic carbocycles. The third-order valence-electron chi connectivity index (χ3n) is 6.00. The first-order valence-electron chi connectivity index (χ1n) is 10.1. The zero-order valence-electron chi connectivity index (χ0n) is 16.2. The standard InChI is InChI=1S/C22H25N3O4/c26-17-5-6-19-18(11-17)16(12-24-19)9-10-23-22(29)15-3-1-14(2-4-15)13-25-20(27)7-8-21(25)28/h5-8,11-12,14-15,24,26H,1-4,9-10,13H2,(H,23,29). The van der Waals surface area contributed by atoms with Crippen molar-refractivity contribution in [1.82, 2.24) is 15.2 Å². The number of phenolic OH excluding ortho intramolecular Hbond substituents is 1. The number of hydrogen-bond donors (Lipinski definition) is 3. The van der Waals surface area contributed by atoms with Gasteiger partial charge in [0.15, 0.2) is 0 Å². The fourth-order valence-corrected chi connectivity index (χ4v) is 4.31. The van der Waals surface area contributed by atoms with E-state index in [-0.39, 0.29) is 35.3 Å². The van der Waals surface area contributed by atoms with Crippen molar-refractivity contribution >= 4 is 28.6 Å². The monoisotopic (exact) mass is 395 g/mol. The Hall–Kier alpha value is -3.09. The van der Waals surface area contributed by atoms with Gasteiger partial charge in [-0.3, -0.25) is 19.3 Å². The maximum absolute atomic E-state index is 12.5. The predicted octanol–water partition coefficient (Wildman–Crippen LogP) is 2.26. The average Bonchev–Trinajstić information content (AvgIpc) is 3.26. The Morgan fingerprint density at radius 2 is 1.86 bits per heavy atom. The van der Waals surface area contributed by atoms with Crippen LogP contribution in [0.1, 0.15) is 31.2 Å². The van der Waals surface area contributed by atoms with Crippen LogP contribution in [0.2, 0.25) is 0 Å². The van der Waals surface area contributed by atoms with Gasteiger partial charge in [0.2, 0.25) is 5.91 Å². The molecule has 1 aliphatic heterocycles. The summed E-state index contributed by atoms with van der Waals surface area (Å²) in [6.45, 7) is 0.996. The SMILES string of the molecule is O=C(NCCc1c[nH]c2ccc(O)cc12)C1CCC(CN2C(=O)C=CC2=O)CC1. The quantitative estimate of drug-likeness (QED) is 0.653. The number of fused-ring (bicyclic) bond motifs is 1. The van der Waals surface area contributed by atoms with Crippen LogP contribution in [-0.2, 0) is 20.8 Å². The summed E-state index contributed by atoms with van der Waals surface area (Å²) in [5.41, 5.74) is 2.03. The molecule has 2 heterocycles. The Bertz CT molecular complexity index is 952. The summed E-state index contributed by atoms with van der Waals surface area (Å²) < 4.78 is 0. The number of phenols is 1. The number of rotatable bonds is 6. The Balaban J connectivity index is 1.22. The molecular weight excluding hydrogens is 370 g/mol. The molecule has 0 radical (unpaired) electrons. The minimum atomic E-state index is -0.236. The maximum Gasteiger partial charge on any atom is 0.253 e. The second-order valence-electron chi connectivity index (χ2n) is 7.92. The highest BCUT2D eigenvalue weighted by Gasteiger charge is 2.31. The van der Waals surface area contributed by atoms with Crippen LogP contribution in [0.5, 0.6) is 5.75 Å². The molecule has 0 saturated heterocycles. The molecular formula is C22H25N3O4. The summed E-state index contributed by atoms with van der Waals surface area (Å²) in [6, 6.07) is 5.22. The number of aromatic hydroxyl groups is 1. The molecule has 1 aliphatic carbocycles. The van der Waals surface area contributed by atoms with Crippen LogP contribution >= 0.6 is 0 Å². The summed E-state index contributed by atoms with van der Waals surface area (Å²) in [7, 11) is 0. The molecule has 4 rings (SSSR count). The minimum Gasteiger partial charge on any atom is -0.508 e. The highest BCUT2D eigenvalue weighted by Crippen LogP contribution is 2.30. The Morgan fingerprint density at radius 3 is 2.59 bits per heavy atom. The molecule has 7 nitrogen and oxygen atoms in total. The topological polar surface area (TPSA) is 102 Å². The van der Waals surface area contributed by atoms with E-state index in [0.29, 0.717) is 19.5 Å². The van der Waals surface area contributed by atoms with Crippen molar-refractivity contribution < 1.29 is 19.5 Å². The lowest BCUT2D eigenvalue weighted by Gasteiger charge is -2.30. The van der Waals surface area contributed by atoms with E-state index in [4.69, 9.17) is 0 Å². The van der Waals surface area contributed by atoms with Crippen LogP contribution in [0.25, 0.3) is 10.9 Å². The molecule has 1 fully saturated rings. The summed E-state index contributed by atoms with van der Waals surface area (Å²) in [5.74, 6) is 0.0847. The van der Waals surface area contributed by atoms with Crippen LogP contribution in [-0.4, -0.2) is 45.8 Å². The molecule has 3 N–H and O–H groups in total. The zero-order chi connectivity index (χ0) is 20.4. The van der Waals surface area contributed by atoms with E-state index in [1.807, 2.05) is 12.3 Å². The first-order valence-corrected chi connectivity index (χ1v) is 10.1. The average molecular weight is 395 g/mol. The number of carbonyl (C=O) groups is 3. The van der Waals surface area contributed by atoms with Crippen molar-refractivity contribution in [3.8, 4) is 5.75 Å². The van der Waals surface area contributed by atoms with Crippen molar-refractivity contribution in [2.75, 3.05) is 13.1 Å². The predicted molar refractivity (Wildman–Crippen MR) is 108 cm³/mol. The Morgan fingerprint density at radius 1 is 1.14 bits per heavy atom. The Kier molecular flexibility index (Phi) is 5.38. The third-order valence-corrected chi connectivity index (χ3v) is 6.00. The molecule has 2 aliphatic rings. The molecule has 3 amide bonds. The van der Waals surface area contributed by atoms with Crippen LogP contribution < -0.4 is 5.32 Å². The fraction of sp³-hybridized carbons (Fsp3) is 0.409. The summed E-state index contributed by atoms with van der Waals surface area (Å²) in [4.78, 5) is 40.4. The van der Waals surface area contributed by atoms with Crippen LogP contribution in [0, 0.1) is 11.8 Å². The van der Waals surface area contributed by atoms with Crippen LogP contribution in [0.4, 0.5) is 0 Å². The smallest absolute Gasteiger partial charge is 0.253 e. The van der Waals surface area contributed by atoms with Crippen molar-refractivity contribution in [2.45, 2.75) is 32.1 Å². The van der Waals surface area contributed by atoms with E-state index in [1.165, 1.54) is 17.1 Å². The van der Waals surface area contributed by atoms with E-state index >= 15 is 0 Å². The normalized spacial score (nSPS) is 21.9. The molecule has 7 heteroatoms. The number of nitrogens with zero attached hydrogens (tertiary/aromatic N) is 1. The van der Waals surface area contributed by atoms with Gasteiger partial charge in [0, 0.05) is 48.3 Å². The number of hydrogen-bond acceptors (Lipinski definition) is 4. The van der Waals surface area contributed by atoms with Crippen molar-refractivity contribution in [3.05, 3.63) is 42.1 Å². The molecule has 0 atom stereocenters. The van der Waals surface area contributed by atoms with Gasteiger partial charge in [-0.05, 0) is 61.8 Å². The highest BCUT2D eigenvalue weighted by molar-refractivity contribution is 6.12. The summed E-state index contributed by atoms with van der Waals surface area (Å²) in [5, 5.41) is 13.7. The van der Waals surface area contributed by atoms with Crippen molar-refractivity contribution in [3.63, 3.8) is 0 Å². The van der Waals surface area contributed by atoms with Gasteiger partial charge in [-0.2, -0.15) is 0 Å². The number of benzene rings is 1. The molecule has 0 unspecified atom stereocenters. The van der Waals surface area contributed by atoms with Gasteiger partial charge in [0.05, 0.1) is 0 Å². The summed E-state index contributed by atoms with van der Waals surface area (Å²) >= 11 is 0. The molecule has 0 bridgehead atoms. The number of amides is 3. The van der Waals surface area contributed by atoms with Gasteiger partial charge in [0.25, 0.3) is 11.8 Å². The third kappa shape index (κ3) is 4.18. The van der Waals surface area contributed by atoms with Gasteiger partial charge < -0.3 is 15.4 Å². The number of nitrogens with one attached hydrogen (secondary N) is 2.